The normalized spacial score (nSPS) is 12.0. The summed E-state index contributed by atoms with van der Waals surface area (Å²) in [6, 6.07) is 4.13. The monoisotopic (exact) mass is 171 g/mol. The first kappa shape index (κ1) is 8.66. The molecule has 62 valence electrons. The molecule has 1 aromatic heterocycles. The van der Waals surface area contributed by atoms with E-state index in [9.17, 15) is 0 Å². The molecule has 0 aromatic carbocycles. The highest BCUT2D eigenvalue weighted by Gasteiger charge is 2.14. The quantitative estimate of drug-likeness (QED) is 0.626. The zero-order valence-electron chi connectivity index (χ0n) is 7.24. The number of hydrogen-bond acceptors (Lipinski definition) is 0. The molecular formula is C9H14ClN. The number of H-pyrrole nitrogens is 1. The Labute approximate surface area is 72.8 Å². The van der Waals surface area contributed by atoms with Crippen LogP contribution in [0.5, 0.6) is 0 Å². The van der Waals surface area contributed by atoms with Gasteiger partial charge in [-0.25, -0.2) is 0 Å². The first-order valence-corrected chi connectivity index (χ1v) is 4.32. The summed E-state index contributed by atoms with van der Waals surface area (Å²) < 4.78 is 0. The predicted molar refractivity (Wildman–Crippen MR) is 49.0 cm³/mol. The van der Waals surface area contributed by atoms with Crippen LogP contribution in [0.25, 0.3) is 0 Å². The van der Waals surface area contributed by atoms with Crippen molar-refractivity contribution in [2.45, 2.75) is 32.1 Å². The van der Waals surface area contributed by atoms with Crippen LogP contribution in [0.15, 0.2) is 12.1 Å². The maximum atomic E-state index is 5.66. The number of nitrogens with one attached hydrogen (secondary N) is 1. The first-order chi connectivity index (χ1) is 5.04. The van der Waals surface area contributed by atoms with E-state index in [-0.39, 0.29) is 5.41 Å². The SMILES string of the molecule is CC(C)(C)c1ccc(CCl)[nH]1. The van der Waals surface area contributed by atoms with E-state index >= 15 is 0 Å². The van der Waals surface area contributed by atoms with Gasteiger partial charge >= 0.3 is 0 Å². The topological polar surface area (TPSA) is 15.8 Å². The average Bonchev–Trinajstić information content (AvgIpc) is 2.32. The molecule has 0 aliphatic carbocycles. The highest BCUT2D eigenvalue weighted by atomic mass is 35.5. The van der Waals surface area contributed by atoms with Crippen LogP contribution in [0.3, 0.4) is 0 Å². The largest absolute Gasteiger partial charge is 0.361 e. The molecule has 0 spiro atoms. The Morgan fingerprint density at radius 1 is 1.36 bits per heavy atom. The van der Waals surface area contributed by atoms with Crippen molar-refractivity contribution in [2.75, 3.05) is 0 Å². The van der Waals surface area contributed by atoms with E-state index in [1.807, 2.05) is 6.07 Å². The van der Waals surface area contributed by atoms with Crippen LogP contribution in [-0.4, -0.2) is 4.98 Å². The van der Waals surface area contributed by atoms with Gasteiger partial charge in [0.25, 0.3) is 0 Å². The number of alkyl halides is 1. The number of rotatable bonds is 1. The van der Waals surface area contributed by atoms with Gasteiger partial charge in [-0.3, -0.25) is 0 Å². The Bertz CT molecular complexity index is 232. The maximum absolute atomic E-state index is 5.66. The molecule has 1 N–H and O–H groups in total. The fourth-order valence-electron chi connectivity index (χ4n) is 0.956. The zero-order valence-corrected chi connectivity index (χ0v) is 8.00. The van der Waals surface area contributed by atoms with Crippen molar-refractivity contribution in [3.8, 4) is 0 Å². The van der Waals surface area contributed by atoms with Gasteiger partial charge in [0.15, 0.2) is 0 Å². The Morgan fingerprint density at radius 3 is 2.27 bits per heavy atom. The molecule has 0 aliphatic rings. The van der Waals surface area contributed by atoms with Crippen LogP contribution >= 0.6 is 11.6 Å². The van der Waals surface area contributed by atoms with E-state index in [0.717, 1.165) is 5.69 Å². The summed E-state index contributed by atoms with van der Waals surface area (Å²) in [5.74, 6) is 0.566. The van der Waals surface area contributed by atoms with Crippen LogP contribution in [0.1, 0.15) is 32.2 Å². The molecule has 1 heterocycles. The van der Waals surface area contributed by atoms with Crippen LogP contribution in [-0.2, 0) is 11.3 Å². The molecule has 0 amide bonds. The summed E-state index contributed by atoms with van der Waals surface area (Å²) in [6.45, 7) is 6.53. The third kappa shape index (κ3) is 2.00. The molecule has 1 nitrogen and oxygen atoms in total. The minimum Gasteiger partial charge on any atom is -0.361 e. The maximum Gasteiger partial charge on any atom is 0.0625 e. The van der Waals surface area contributed by atoms with E-state index in [2.05, 4.69) is 31.8 Å². The van der Waals surface area contributed by atoms with Crippen molar-refractivity contribution >= 4 is 11.6 Å². The van der Waals surface area contributed by atoms with Crippen LogP contribution < -0.4 is 0 Å². The van der Waals surface area contributed by atoms with Crippen molar-refractivity contribution in [1.82, 2.24) is 4.98 Å². The molecule has 0 aliphatic heterocycles. The molecule has 2 heteroatoms. The second-order valence-electron chi connectivity index (χ2n) is 3.78. The summed E-state index contributed by atoms with van der Waals surface area (Å²) in [5, 5.41) is 0. The molecule has 0 saturated heterocycles. The van der Waals surface area contributed by atoms with Gasteiger partial charge < -0.3 is 4.98 Å². The van der Waals surface area contributed by atoms with E-state index < -0.39 is 0 Å². The summed E-state index contributed by atoms with van der Waals surface area (Å²) in [5.41, 5.74) is 2.54. The minimum atomic E-state index is 0.199. The first-order valence-electron chi connectivity index (χ1n) is 3.78. The lowest BCUT2D eigenvalue weighted by Crippen LogP contribution is -2.11. The Kier molecular flexibility index (Phi) is 2.28. The second-order valence-corrected chi connectivity index (χ2v) is 4.05. The lowest BCUT2D eigenvalue weighted by Gasteiger charge is -2.15. The molecule has 0 saturated carbocycles. The van der Waals surface area contributed by atoms with Crippen molar-refractivity contribution in [3.05, 3.63) is 23.5 Å². The van der Waals surface area contributed by atoms with Crippen LogP contribution in [0.4, 0.5) is 0 Å². The number of halogens is 1. The van der Waals surface area contributed by atoms with E-state index in [1.54, 1.807) is 0 Å². The van der Waals surface area contributed by atoms with Crippen molar-refractivity contribution in [3.63, 3.8) is 0 Å². The second kappa shape index (κ2) is 2.90. The summed E-state index contributed by atoms with van der Waals surface area (Å²) >= 11 is 5.66. The van der Waals surface area contributed by atoms with Crippen LogP contribution in [0.2, 0.25) is 0 Å². The fourth-order valence-corrected chi connectivity index (χ4v) is 1.11. The lowest BCUT2D eigenvalue weighted by molar-refractivity contribution is 0.571. The van der Waals surface area contributed by atoms with Crippen LogP contribution in [0, 0.1) is 0 Å². The van der Waals surface area contributed by atoms with Gasteiger partial charge in [-0.2, -0.15) is 0 Å². The molecule has 1 aromatic rings. The van der Waals surface area contributed by atoms with E-state index in [0.29, 0.717) is 5.88 Å². The van der Waals surface area contributed by atoms with Gasteiger partial charge in [-0.1, -0.05) is 20.8 Å². The summed E-state index contributed by atoms with van der Waals surface area (Å²) in [7, 11) is 0. The highest BCUT2D eigenvalue weighted by Crippen LogP contribution is 2.21. The van der Waals surface area contributed by atoms with Gasteiger partial charge in [0, 0.05) is 16.8 Å². The highest BCUT2D eigenvalue weighted by molar-refractivity contribution is 6.16. The Morgan fingerprint density at radius 2 is 2.00 bits per heavy atom. The standard InChI is InChI=1S/C9H14ClN/c1-9(2,3)8-5-4-7(6-10)11-8/h4-5,11H,6H2,1-3H3. The molecule has 0 atom stereocenters. The summed E-state index contributed by atoms with van der Waals surface area (Å²) in [6.07, 6.45) is 0. The average molecular weight is 172 g/mol. The molecule has 0 unspecified atom stereocenters. The summed E-state index contributed by atoms with van der Waals surface area (Å²) in [4.78, 5) is 3.27. The fraction of sp³-hybridized carbons (Fsp3) is 0.556. The van der Waals surface area contributed by atoms with Gasteiger partial charge in [-0.05, 0) is 12.1 Å². The predicted octanol–water partition coefficient (Wildman–Crippen LogP) is 3.05. The lowest BCUT2D eigenvalue weighted by atomic mass is 9.93. The molecule has 0 fully saturated rings. The van der Waals surface area contributed by atoms with Gasteiger partial charge in [0.05, 0.1) is 5.88 Å². The smallest absolute Gasteiger partial charge is 0.0625 e. The van der Waals surface area contributed by atoms with Crippen molar-refractivity contribution in [1.29, 1.82) is 0 Å². The van der Waals surface area contributed by atoms with Crippen molar-refractivity contribution < 1.29 is 0 Å². The molecular weight excluding hydrogens is 158 g/mol. The molecule has 1 rings (SSSR count). The van der Waals surface area contributed by atoms with Crippen molar-refractivity contribution in [2.24, 2.45) is 0 Å². The Balaban J connectivity index is 2.89. The van der Waals surface area contributed by atoms with Gasteiger partial charge in [0.1, 0.15) is 0 Å². The molecule has 11 heavy (non-hydrogen) atoms. The number of hydrogen-bond donors (Lipinski definition) is 1. The third-order valence-electron chi connectivity index (χ3n) is 1.70. The minimum absolute atomic E-state index is 0.199. The van der Waals surface area contributed by atoms with E-state index in [1.165, 1.54) is 5.69 Å². The van der Waals surface area contributed by atoms with Gasteiger partial charge in [-0.15, -0.1) is 11.6 Å². The van der Waals surface area contributed by atoms with Gasteiger partial charge in [0.2, 0.25) is 0 Å². The molecule has 0 radical (unpaired) electrons. The molecule has 0 bridgehead atoms. The Hall–Kier alpha value is -0.430. The number of aromatic amines is 1. The zero-order chi connectivity index (χ0) is 8.48. The van der Waals surface area contributed by atoms with E-state index in [4.69, 9.17) is 11.6 Å². The number of aromatic nitrogens is 1. The third-order valence-corrected chi connectivity index (χ3v) is 1.99.